The SMILES string of the molecule is COc1ccc(CNCc2c(COC(C)=O)cnc3[nH]c(=O)[nH]c(=O)c23)c(OC)c1. The first kappa shape index (κ1) is 21.1. The second-order valence-corrected chi connectivity index (χ2v) is 6.46. The van der Waals surface area contributed by atoms with Gasteiger partial charge in [-0.1, -0.05) is 6.07 Å². The summed E-state index contributed by atoms with van der Waals surface area (Å²) in [4.78, 5) is 44.1. The van der Waals surface area contributed by atoms with Crippen LogP contribution in [0.1, 0.15) is 23.6 Å². The quantitative estimate of drug-likeness (QED) is 0.464. The van der Waals surface area contributed by atoms with Gasteiger partial charge >= 0.3 is 11.7 Å². The Bertz CT molecular complexity index is 1180. The summed E-state index contributed by atoms with van der Waals surface area (Å²) in [5.41, 5.74) is 0.977. The molecule has 0 aliphatic heterocycles. The van der Waals surface area contributed by atoms with Crippen molar-refractivity contribution in [2.45, 2.75) is 26.6 Å². The van der Waals surface area contributed by atoms with Crippen LogP contribution in [-0.4, -0.2) is 35.1 Å². The summed E-state index contributed by atoms with van der Waals surface area (Å²) in [5.74, 6) is 0.881. The van der Waals surface area contributed by atoms with Crippen LogP contribution in [0.2, 0.25) is 0 Å². The largest absolute Gasteiger partial charge is 0.497 e. The lowest BCUT2D eigenvalue weighted by Crippen LogP contribution is -2.25. The first-order valence-corrected chi connectivity index (χ1v) is 9.11. The van der Waals surface area contributed by atoms with Crippen LogP contribution in [0.25, 0.3) is 11.0 Å². The zero-order valence-electron chi connectivity index (χ0n) is 16.8. The lowest BCUT2D eigenvalue weighted by Gasteiger charge is -2.14. The van der Waals surface area contributed by atoms with Gasteiger partial charge in [-0.15, -0.1) is 0 Å². The number of ether oxygens (including phenoxy) is 3. The number of esters is 1. The lowest BCUT2D eigenvalue weighted by molar-refractivity contribution is -0.142. The van der Waals surface area contributed by atoms with Crippen molar-refractivity contribution in [1.29, 1.82) is 0 Å². The van der Waals surface area contributed by atoms with Crippen molar-refractivity contribution in [2.24, 2.45) is 0 Å². The molecule has 0 saturated heterocycles. The maximum Gasteiger partial charge on any atom is 0.327 e. The van der Waals surface area contributed by atoms with Gasteiger partial charge in [-0.2, -0.15) is 0 Å². The Morgan fingerprint density at radius 2 is 1.90 bits per heavy atom. The first-order valence-electron chi connectivity index (χ1n) is 9.11. The van der Waals surface area contributed by atoms with Crippen molar-refractivity contribution in [1.82, 2.24) is 20.3 Å². The van der Waals surface area contributed by atoms with Gasteiger partial charge in [0, 0.05) is 43.4 Å². The van der Waals surface area contributed by atoms with Gasteiger partial charge in [-0.05, 0) is 11.6 Å². The molecule has 158 valence electrons. The smallest absolute Gasteiger partial charge is 0.327 e. The van der Waals surface area contributed by atoms with Gasteiger partial charge in [0.05, 0.1) is 19.6 Å². The maximum absolute atomic E-state index is 12.4. The average Bonchev–Trinajstić information content (AvgIpc) is 2.72. The van der Waals surface area contributed by atoms with Gasteiger partial charge in [0.2, 0.25) is 0 Å². The minimum absolute atomic E-state index is 0.0420. The van der Waals surface area contributed by atoms with Gasteiger partial charge < -0.3 is 19.5 Å². The molecular weight excluding hydrogens is 392 g/mol. The van der Waals surface area contributed by atoms with E-state index in [1.807, 2.05) is 12.1 Å². The first-order chi connectivity index (χ1) is 14.4. The van der Waals surface area contributed by atoms with Crippen LogP contribution in [0.5, 0.6) is 11.5 Å². The van der Waals surface area contributed by atoms with Crippen molar-refractivity contribution in [3.8, 4) is 11.5 Å². The summed E-state index contributed by atoms with van der Waals surface area (Å²) in [6.45, 7) is 1.96. The second-order valence-electron chi connectivity index (χ2n) is 6.46. The minimum atomic E-state index is -0.644. The van der Waals surface area contributed by atoms with Crippen LogP contribution in [0.15, 0.2) is 34.0 Å². The molecule has 30 heavy (non-hydrogen) atoms. The molecule has 0 radical (unpaired) electrons. The van der Waals surface area contributed by atoms with E-state index in [9.17, 15) is 14.4 Å². The van der Waals surface area contributed by atoms with Crippen molar-refractivity contribution >= 4 is 17.0 Å². The van der Waals surface area contributed by atoms with Crippen molar-refractivity contribution in [3.63, 3.8) is 0 Å². The average molecular weight is 414 g/mol. The molecular formula is C20H22N4O6. The summed E-state index contributed by atoms with van der Waals surface area (Å²) in [5, 5.41) is 3.49. The molecule has 0 aliphatic rings. The number of carbonyl (C=O) groups excluding carboxylic acids is 1. The number of hydrogen-bond acceptors (Lipinski definition) is 8. The Kier molecular flexibility index (Phi) is 6.48. The molecule has 3 rings (SSSR count). The normalized spacial score (nSPS) is 10.8. The molecule has 1 aromatic carbocycles. The number of pyridine rings is 1. The predicted octanol–water partition coefficient (Wildman–Crippen LogP) is 0.982. The number of hydrogen-bond donors (Lipinski definition) is 3. The van der Waals surface area contributed by atoms with E-state index in [-0.39, 0.29) is 24.2 Å². The van der Waals surface area contributed by atoms with Crippen molar-refractivity contribution < 1.29 is 19.0 Å². The van der Waals surface area contributed by atoms with E-state index < -0.39 is 17.2 Å². The van der Waals surface area contributed by atoms with Gasteiger partial charge in [0.1, 0.15) is 23.8 Å². The van der Waals surface area contributed by atoms with E-state index >= 15 is 0 Å². The number of aromatic amines is 2. The molecule has 0 fully saturated rings. The van der Waals surface area contributed by atoms with Gasteiger partial charge in [0.15, 0.2) is 0 Å². The van der Waals surface area contributed by atoms with E-state index in [0.29, 0.717) is 29.2 Å². The Morgan fingerprint density at radius 3 is 2.60 bits per heavy atom. The highest BCUT2D eigenvalue weighted by molar-refractivity contribution is 5.78. The molecule has 0 unspecified atom stereocenters. The molecule has 10 heteroatoms. The third-order valence-corrected chi connectivity index (χ3v) is 4.50. The number of methoxy groups -OCH3 is 2. The number of aromatic nitrogens is 3. The molecule has 0 amide bonds. The van der Waals surface area contributed by atoms with Crippen LogP contribution in [0.4, 0.5) is 0 Å². The van der Waals surface area contributed by atoms with Crippen LogP contribution in [-0.2, 0) is 29.2 Å². The molecule has 0 atom stereocenters. The Labute approximate surface area is 171 Å². The van der Waals surface area contributed by atoms with Crippen LogP contribution < -0.4 is 26.0 Å². The minimum Gasteiger partial charge on any atom is -0.497 e. The molecule has 0 aliphatic carbocycles. The molecule has 3 aromatic rings. The molecule has 0 spiro atoms. The van der Waals surface area contributed by atoms with Gasteiger partial charge in [-0.3, -0.25) is 19.6 Å². The Morgan fingerprint density at radius 1 is 1.10 bits per heavy atom. The fourth-order valence-corrected chi connectivity index (χ4v) is 3.06. The highest BCUT2D eigenvalue weighted by Gasteiger charge is 2.15. The monoisotopic (exact) mass is 414 g/mol. The van der Waals surface area contributed by atoms with Gasteiger partial charge in [0.25, 0.3) is 5.56 Å². The zero-order valence-corrected chi connectivity index (χ0v) is 16.8. The van der Waals surface area contributed by atoms with E-state index in [1.165, 1.54) is 13.1 Å². The second kappa shape index (κ2) is 9.23. The fraction of sp³-hybridized carbons (Fsp3) is 0.300. The molecule has 0 bridgehead atoms. The Hall–Kier alpha value is -3.66. The van der Waals surface area contributed by atoms with Gasteiger partial charge in [-0.25, -0.2) is 9.78 Å². The highest BCUT2D eigenvalue weighted by atomic mass is 16.5. The summed E-state index contributed by atoms with van der Waals surface area (Å²) in [6, 6.07) is 5.47. The number of rotatable bonds is 8. The number of H-pyrrole nitrogens is 2. The van der Waals surface area contributed by atoms with Crippen molar-refractivity contribution in [3.05, 3.63) is 61.9 Å². The number of nitrogens with one attached hydrogen (secondary N) is 3. The summed E-state index contributed by atoms with van der Waals surface area (Å²) in [7, 11) is 3.15. The Balaban J connectivity index is 1.92. The zero-order chi connectivity index (χ0) is 21.7. The van der Waals surface area contributed by atoms with Crippen LogP contribution in [0.3, 0.4) is 0 Å². The molecule has 10 nitrogen and oxygen atoms in total. The maximum atomic E-state index is 12.4. The third kappa shape index (κ3) is 4.66. The van der Waals surface area contributed by atoms with E-state index in [2.05, 4.69) is 20.3 Å². The summed E-state index contributed by atoms with van der Waals surface area (Å²) in [6.07, 6.45) is 1.48. The predicted molar refractivity (Wildman–Crippen MR) is 109 cm³/mol. The van der Waals surface area contributed by atoms with E-state index in [1.54, 1.807) is 20.3 Å². The topological polar surface area (TPSA) is 135 Å². The molecule has 0 saturated carbocycles. The lowest BCUT2D eigenvalue weighted by atomic mass is 10.1. The molecule has 2 heterocycles. The highest BCUT2D eigenvalue weighted by Crippen LogP contribution is 2.24. The number of carbonyl (C=O) groups is 1. The van der Waals surface area contributed by atoms with Crippen molar-refractivity contribution in [2.75, 3.05) is 14.2 Å². The third-order valence-electron chi connectivity index (χ3n) is 4.50. The number of benzene rings is 1. The summed E-state index contributed by atoms with van der Waals surface area (Å²) < 4.78 is 15.7. The number of nitrogens with zero attached hydrogens (tertiary/aromatic N) is 1. The van der Waals surface area contributed by atoms with Crippen LogP contribution >= 0.6 is 0 Å². The molecule has 2 aromatic heterocycles. The summed E-state index contributed by atoms with van der Waals surface area (Å²) >= 11 is 0. The van der Waals surface area contributed by atoms with Crippen LogP contribution in [0, 0.1) is 0 Å². The van der Waals surface area contributed by atoms with E-state index in [0.717, 1.165) is 5.56 Å². The van der Waals surface area contributed by atoms with E-state index in [4.69, 9.17) is 14.2 Å². The standard InChI is InChI=1S/C20H22N4O6/c1-11(25)30-10-13-8-22-18-17(19(26)24-20(27)23-18)15(13)9-21-7-12-4-5-14(28-2)6-16(12)29-3/h4-6,8,21H,7,9-10H2,1-3H3,(H2,22,23,24,26,27). The number of fused-ring (bicyclic) bond motifs is 1. The molecule has 3 N–H and O–H groups in total. The fourth-order valence-electron chi connectivity index (χ4n) is 3.06.